The zero-order valence-electron chi connectivity index (χ0n) is 18.4. The summed E-state index contributed by atoms with van der Waals surface area (Å²) in [5, 5.41) is 0.530. The summed E-state index contributed by atoms with van der Waals surface area (Å²) in [4.78, 5) is 13.6. The van der Waals surface area contributed by atoms with Crippen molar-refractivity contribution in [2.75, 3.05) is 25.7 Å². The van der Waals surface area contributed by atoms with E-state index in [1.165, 1.54) is 6.26 Å². The Kier molecular flexibility index (Phi) is 6.27. The third-order valence-electron chi connectivity index (χ3n) is 5.71. The molecule has 1 saturated carbocycles. The Balaban J connectivity index is 1.94. The fourth-order valence-corrected chi connectivity index (χ4v) is 5.15. The van der Waals surface area contributed by atoms with E-state index in [9.17, 15) is 13.2 Å². The minimum Gasteiger partial charge on any atom is -0.493 e. The van der Waals surface area contributed by atoms with Gasteiger partial charge in [0.25, 0.3) is 0 Å². The van der Waals surface area contributed by atoms with E-state index in [1.54, 1.807) is 52.6 Å². The van der Waals surface area contributed by atoms with E-state index >= 15 is 0 Å². The van der Waals surface area contributed by atoms with Gasteiger partial charge in [-0.15, -0.1) is 0 Å². The van der Waals surface area contributed by atoms with E-state index in [1.807, 2.05) is 6.92 Å². The van der Waals surface area contributed by atoms with E-state index in [4.69, 9.17) is 21.1 Å². The molecule has 0 saturated heterocycles. The number of nitrogens with zero attached hydrogens (tertiary/aromatic N) is 2. The molecule has 0 spiro atoms. The van der Waals surface area contributed by atoms with Gasteiger partial charge < -0.3 is 9.47 Å². The van der Waals surface area contributed by atoms with Crippen molar-refractivity contribution < 1.29 is 17.9 Å². The van der Waals surface area contributed by atoms with E-state index < -0.39 is 15.9 Å². The zero-order chi connectivity index (χ0) is 23.0. The maximum Gasteiger partial charge on any atom is 0.329 e. The van der Waals surface area contributed by atoms with Gasteiger partial charge in [-0.2, -0.15) is 0 Å². The van der Waals surface area contributed by atoms with Crippen LogP contribution in [0.15, 0.2) is 41.2 Å². The molecule has 1 aliphatic carbocycles. The number of rotatable bonds is 9. The van der Waals surface area contributed by atoms with Crippen LogP contribution in [0, 0.1) is 5.92 Å². The number of hydrogen-bond donors (Lipinski definition) is 0. The first-order valence-electron chi connectivity index (χ1n) is 10.6. The quantitative estimate of drug-likeness (QED) is 0.466. The molecule has 1 unspecified atom stereocenters. The second kappa shape index (κ2) is 8.83. The lowest BCUT2D eigenvalue weighted by Gasteiger charge is -2.20. The minimum absolute atomic E-state index is 0.226. The van der Waals surface area contributed by atoms with Gasteiger partial charge in [0.2, 0.25) is 0 Å². The summed E-state index contributed by atoms with van der Waals surface area (Å²) in [6.07, 6.45) is 3.35. The summed E-state index contributed by atoms with van der Waals surface area (Å²) in [6.45, 7) is 2.89. The number of ether oxygens (including phenoxy) is 2. The van der Waals surface area contributed by atoms with Gasteiger partial charge in [0.15, 0.2) is 11.5 Å². The summed E-state index contributed by atoms with van der Waals surface area (Å²) in [6, 6.07) is 9.82. The Morgan fingerprint density at radius 2 is 1.88 bits per heavy atom. The number of fused-ring (bicyclic) bond motifs is 1. The lowest BCUT2D eigenvalue weighted by Crippen LogP contribution is -2.32. The molecule has 0 radical (unpaired) electrons. The van der Waals surface area contributed by atoms with Crippen molar-refractivity contribution in [3.63, 3.8) is 0 Å². The Hall–Kier alpha value is -2.45. The van der Waals surface area contributed by atoms with Crippen molar-refractivity contribution in [3.05, 3.63) is 57.5 Å². The van der Waals surface area contributed by atoms with Gasteiger partial charge in [0, 0.05) is 17.8 Å². The maximum atomic E-state index is 13.6. The molecular formula is C23H27ClN2O5S. The molecule has 0 aliphatic heterocycles. The summed E-state index contributed by atoms with van der Waals surface area (Å²) in [5.74, 6) is 1.29. The zero-order valence-corrected chi connectivity index (χ0v) is 19.9. The van der Waals surface area contributed by atoms with Gasteiger partial charge >= 0.3 is 5.69 Å². The fraction of sp³-hybridized carbons (Fsp3) is 0.435. The molecule has 172 valence electrons. The van der Waals surface area contributed by atoms with E-state index in [2.05, 4.69) is 0 Å². The van der Waals surface area contributed by atoms with Crippen LogP contribution in [0.25, 0.3) is 11.0 Å². The molecule has 1 heterocycles. The molecule has 9 heteroatoms. The van der Waals surface area contributed by atoms with Crippen LogP contribution in [0.3, 0.4) is 0 Å². The van der Waals surface area contributed by atoms with Crippen LogP contribution < -0.4 is 15.2 Å². The Morgan fingerprint density at radius 3 is 2.50 bits per heavy atom. The molecule has 1 atom stereocenters. The largest absolute Gasteiger partial charge is 0.493 e. The number of methoxy groups -OCH3 is 1. The summed E-state index contributed by atoms with van der Waals surface area (Å²) < 4.78 is 39.2. The summed E-state index contributed by atoms with van der Waals surface area (Å²) in [7, 11) is -1.88. The number of benzene rings is 2. The number of sulfone groups is 1. The molecule has 4 rings (SSSR count). The monoisotopic (exact) mass is 478 g/mol. The van der Waals surface area contributed by atoms with Crippen molar-refractivity contribution in [1.29, 1.82) is 0 Å². The second-order valence-corrected chi connectivity index (χ2v) is 10.9. The van der Waals surface area contributed by atoms with E-state index in [0.29, 0.717) is 52.2 Å². The predicted molar refractivity (Wildman–Crippen MR) is 126 cm³/mol. The van der Waals surface area contributed by atoms with Gasteiger partial charge in [0.05, 0.1) is 36.5 Å². The molecule has 1 aliphatic rings. The van der Waals surface area contributed by atoms with Crippen molar-refractivity contribution >= 4 is 32.5 Å². The van der Waals surface area contributed by atoms with E-state index in [-0.39, 0.29) is 11.4 Å². The highest BCUT2D eigenvalue weighted by molar-refractivity contribution is 7.90. The van der Waals surface area contributed by atoms with Gasteiger partial charge in [-0.05, 0) is 61.6 Å². The van der Waals surface area contributed by atoms with Gasteiger partial charge in [-0.3, -0.25) is 9.13 Å². The minimum atomic E-state index is -3.42. The fourth-order valence-electron chi connectivity index (χ4n) is 4.06. The van der Waals surface area contributed by atoms with Crippen molar-refractivity contribution in [1.82, 2.24) is 9.13 Å². The standard InChI is InChI=1S/C23H27ClN2O5S/c1-4-31-22-11-16(7-10-21(22)30-2)20(14-32(3,28)29)26-18-9-8-17(24)12-19(18)25(23(26)27)13-15-5-6-15/h7-12,15,20H,4-6,13-14H2,1-3H3. The molecule has 1 aromatic heterocycles. The predicted octanol–water partition coefficient (Wildman–Crippen LogP) is 3.91. The van der Waals surface area contributed by atoms with Crippen LogP contribution in [0.5, 0.6) is 11.5 Å². The highest BCUT2D eigenvalue weighted by atomic mass is 35.5. The first kappa shape index (κ1) is 22.7. The van der Waals surface area contributed by atoms with Crippen molar-refractivity contribution in [3.8, 4) is 11.5 Å². The molecule has 32 heavy (non-hydrogen) atoms. The highest BCUT2D eigenvalue weighted by Gasteiger charge is 2.29. The number of halogens is 1. The van der Waals surface area contributed by atoms with E-state index in [0.717, 1.165) is 12.8 Å². The topological polar surface area (TPSA) is 79.5 Å². The number of hydrogen-bond acceptors (Lipinski definition) is 5. The molecule has 0 amide bonds. The lowest BCUT2D eigenvalue weighted by molar-refractivity contribution is 0.310. The van der Waals surface area contributed by atoms with Gasteiger partial charge in [-0.25, -0.2) is 13.2 Å². The molecule has 3 aromatic rings. The molecule has 0 N–H and O–H groups in total. The first-order valence-corrected chi connectivity index (χ1v) is 13.0. The second-order valence-electron chi connectivity index (χ2n) is 8.29. The third kappa shape index (κ3) is 4.66. The highest BCUT2D eigenvalue weighted by Crippen LogP contribution is 2.35. The number of imidazole rings is 1. The van der Waals surface area contributed by atoms with Gasteiger partial charge in [0.1, 0.15) is 9.84 Å². The van der Waals surface area contributed by atoms with Crippen LogP contribution >= 0.6 is 11.6 Å². The molecule has 7 nitrogen and oxygen atoms in total. The maximum absolute atomic E-state index is 13.6. The Bertz CT molecular complexity index is 1310. The first-order chi connectivity index (χ1) is 15.2. The summed E-state index contributed by atoms with van der Waals surface area (Å²) >= 11 is 6.25. The summed E-state index contributed by atoms with van der Waals surface area (Å²) in [5.41, 5.74) is 1.78. The van der Waals surface area contributed by atoms with Crippen LogP contribution in [-0.4, -0.2) is 43.3 Å². The Labute approximate surface area is 192 Å². The molecule has 2 aromatic carbocycles. The molecular weight excluding hydrogens is 452 g/mol. The number of aromatic nitrogens is 2. The molecule has 0 bridgehead atoms. The van der Waals surface area contributed by atoms with Crippen LogP contribution in [0.2, 0.25) is 5.02 Å². The van der Waals surface area contributed by atoms with Crippen LogP contribution in [-0.2, 0) is 16.4 Å². The smallest absolute Gasteiger partial charge is 0.329 e. The van der Waals surface area contributed by atoms with Crippen LogP contribution in [0.1, 0.15) is 31.4 Å². The van der Waals surface area contributed by atoms with Crippen molar-refractivity contribution in [2.24, 2.45) is 5.92 Å². The average Bonchev–Trinajstić information content (AvgIpc) is 3.51. The molecule has 1 fully saturated rings. The Morgan fingerprint density at radius 1 is 1.12 bits per heavy atom. The van der Waals surface area contributed by atoms with Gasteiger partial charge in [-0.1, -0.05) is 17.7 Å². The average molecular weight is 479 g/mol. The van der Waals surface area contributed by atoms with Crippen molar-refractivity contribution in [2.45, 2.75) is 32.4 Å². The lowest BCUT2D eigenvalue weighted by atomic mass is 10.1. The third-order valence-corrected chi connectivity index (χ3v) is 6.86. The van der Waals surface area contributed by atoms with Crippen LogP contribution in [0.4, 0.5) is 0 Å². The SMILES string of the molecule is CCOc1cc(C(CS(C)(=O)=O)n2c(=O)n(CC3CC3)c3cc(Cl)ccc32)ccc1OC. The normalized spacial score (nSPS) is 15.1.